The summed E-state index contributed by atoms with van der Waals surface area (Å²) in [5.41, 5.74) is 0.177. The Bertz CT molecular complexity index is 434. The van der Waals surface area contributed by atoms with Gasteiger partial charge in [-0.25, -0.2) is 0 Å². The average Bonchev–Trinajstić information content (AvgIpc) is 2.27. The number of hydrogen-bond acceptors (Lipinski definition) is 3. The number of ether oxygens (including phenoxy) is 1. The first-order chi connectivity index (χ1) is 8.66. The van der Waals surface area contributed by atoms with Gasteiger partial charge in [-0.2, -0.15) is 0 Å². The molecule has 1 amide bonds. The molecule has 0 spiro atoms. The van der Waals surface area contributed by atoms with Crippen molar-refractivity contribution in [2.75, 3.05) is 6.61 Å². The van der Waals surface area contributed by atoms with Crippen LogP contribution in [-0.4, -0.2) is 23.3 Å². The van der Waals surface area contributed by atoms with Gasteiger partial charge in [-0.05, 0) is 30.0 Å². The highest BCUT2D eigenvalue weighted by Crippen LogP contribution is 2.25. The first kappa shape index (κ1) is 15.5. The third kappa shape index (κ3) is 4.56. The molecule has 1 atom stereocenters. The topological polar surface area (TPSA) is 58.6 Å². The Labute approximate surface area is 114 Å². The summed E-state index contributed by atoms with van der Waals surface area (Å²) >= 11 is 0. The molecule has 19 heavy (non-hydrogen) atoms. The summed E-state index contributed by atoms with van der Waals surface area (Å²) in [5, 5.41) is 11.9. The Morgan fingerprint density at radius 3 is 2.11 bits per heavy atom. The van der Waals surface area contributed by atoms with Crippen LogP contribution in [-0.2, 0) is 10.2 Å². The van der Waals surface area contributed by atoms with E-state index in [1.807, 2.05) is 24.3 Å². The molecule has 2 N–H and O–H groups in total. The van der Waals surface area contributed by atoms with Crippen LogP contribution in [0, 0.1) is 0 Å². The number of carbonyl (C=O) groups excluding carboxylic acids is 1. The Morgan fingerprint density at radius 2 is 1.74 bits per heavy atom. The number of hydrogen-bond donors (Lipinski definition) is 2. The Kier molecular flexibility index (Phi) is 4.58. The molecule has 0 aromatic heterocycles. The normalized spacial score (nSPS) is 14.6. The molecule has 0 aliphatic rings. The second-order valence-corrected chi connectivity index (χ2v) is 5.95. The van der Waals surface area contributed by atoms with Gasteiger partial charge in [-0.15, -0.1) is 0 Å². The lowest BCUT2D eigenvalue weighted by Gasteiger charge is -2.29. The molecular formula is C15H23NO3. The molecular weight excluding hydrogens is 242 g/mol. The van der Waals surface area contributed by atoms with Crippen molar-refractivity contribution in [3.63, 3.8) is 0 Å². The van der Waals surface area contributed by atoms with E-state index in [9.17, 15) is 9.90 Å². The van der Waals surface area contributed by atoms with Crippen LogP contribution in [0.15, 0.2) is 24.3 Å². The van der Waals surface area contributed by atoms with Crippen molar-refractivity contribution in [2.24, 2.45) is 0 Å². The summed E-state index contributed by atoms with van der Waals surface area (Å²) < 4.78 is 5.65. The predicted octanol–water partition coefficient (Wildman–Crippen LogP) is 2.21. The fourth-order valence-corrected chi connectivity index (χ4v) is 1.75. The van der Waals surface area contributed by atoms with Crippen molar-refractivity contribution in [3.8, 4) is 5.75 Å². The minimum atomic E-state index is -1.10. The van der Waals surface area contributed by atoms with Gasteiger partial charge in [0.15, 0.2) is 0 Å². The summed E-state index contributed by atoms with van der Waals surface area (Å²) in [7, 11) is 0. The maximum absolute atomic E-state index is 11.1. The van der Waals surface area contributed by atoms with E-state index in [1.165, 1.54) is 12.5 Å². The zero-order valence-electron chi connectivity index (χ0n) is 12.3. The predicted molar refractivity (Wildman–Crippen MR) is 75.1 cm³/mol. The van der Waals surface area contributed by atoms with Crippen LogP contribution < -0.4 is 10.1 Å². The minimum absolute atomic E-state index is 0.0798. The fraction of sp³-hybridized carbons (Fsp3) is 0.533. The Hall–Kier alpha value is -1.55. The van der Waals surface area contributed by atoms with Crippen LogP contribution in [0.25, 0.3) is 0 Å². The zero-order chi connectivity index (χ0) is 14.7. The van der Waals surface area contributed by atoms with Crippen LogP contribution in [0.1, 0.15) is 40.2 Å². The number of rotatable bonds is 4. The van der Waals surface area contributed by atoms with Gasteiger partial charge in [0.25, 0.3) is 0 Å². The molecule has 1 rings (SSSR count). The molecule has 0 saturated carbocycles. The van der Waals surface area contributed by atoms with E-state index in [2.05, 4.69) is 26.1 Å². The quantitative estimate of drug-likeness (QED) is 0.821. The molecule has 0 saturated heterocycles. The average molecular weight is 265 g/mol. The SMILES string of the molecule is CC(=O)N[C@](C)(CO)Oc1ccc(C(C)(C)C)cc1. The van der Waals surface area contributed by atoms with Gasteiger partial charge in [0.2, 0.25) is 11.6 Å². The van der Waals surface area contributed by atoms with E-state index in [0.29, 0.717) is 5.75 Å². The molecule has 1 aromatic rings. The van der Waals surface area contributed by atoms with Gasteiger partial charge in [-0.3, -0.25) is 4.79 Å². The molecule has 0 heterocycles. The zero-order valence-corrected chi connectivity index (χ0v) is 12.3. The Morgan fingerprint density at radius 1 is 1.21 bits per heavy atom. The van der Waals surface area contributed by atoms with E-state index in [0.717, 1.165) is 0 Å². The molecule has 106 valence electrons. The third-order valence-corrected chi connectivity index (χ3v) is 2.81. The van der Waals surface area contributed by atoms with Gasteiger partial charge < -0.3 is 15.2 Å². The number of carbonyl (C=O) groups is 1. The van der Waals surface area contributed by atoms with Gasteiger partial charge in [0.1, 0.15) is 12.4 Å². The van der Waals surface area contributed by atoms with E-state index < -0.39 is 5.72 Å². The first-order valence-electron chi connectivity index (χ1n) is 6.35. The number of nitrogens with one attached hydrogen (secondary N) is 1. The summed E-state index contributed by atoms with van der Waals surface area (Å²) in [6.07, 6.45) is 0. The monoisotopic (exact) mass is 265 g/mol. The highest BCUT2D eigenvalue weighted by Gasteiger charge is 2.26. The fourth-order valence-electron chi connectivity index (χ4n) is 1.75. The number of aliphatic hydroxyl groups excluding tert-OH is 1. The van der Waals surface area contributed by atoms with E-state index >= 15 is 0 Å². The molecule has 0 unspecified atom stereocenters. The summed E-state index contributed by atoms with van der Waals surface area (Å²) in [5.74, 6) is 0.362. The van der Waals surface area contributed by atoms with Gasteiger partial charge in [0, 0.05) is 6.92 Å². The number of aliphatic hydroxyl groups is 1. The number of benzene rings is 1. The van der Waals surface area contributed by atoms with E-state index in [4.69, 9.17) is 4.74 Å². The minimum Gasteiger partial charge on any atom is -0.466 e. The maximum atomic E-state index is 11.1. The highest BCUT2D eigenvalue weighted by molar-refractivity contribution is 5.73. The molecule has 4 heteroatoms. The smallest absolute Gasteiger partial charge is 0.219 e. The van der Waals surface area contributed by atoms with E-state index in [1.54, 1.807) is 6.92 Å². The van der Waals surface area contributed by atoms with Crippen molar-refractivity contribution >= 4 is 5.91 Å². The first-order valence-corrected chi connectivity index (χ1v) is 6.35. The van der Waals surface area contributed by atoms with Gasteiger partial charge >= 0.3 is 0 Å². The molecule has 0 radical (unpaired) electrons. The van der Waals surface area contributed by atoms with Crippen LogP contribution >= 0.6 is 0 Å². The second-order valence-electron chi connectivity index (χ2n) is 5.95. The molecule has 1 aromatic carbocycles. The van der Waals surface area contributed by atoms with Crippen LogP contribution in [0.5, 0.6) is 5.75 Å². The van der Waals surface area contributed by atoms with Crippen molar-refractivity contribution < 1.29 is 14.6 Å². The van der Waals surface area contributed by atoms with Crippen molar-refractivity contribution in [1.29, 1.82) is 0 Å². The summed E-state index contributed by atoms with van der Waals surface area (Å²) in [6, 6.07) is 7.66. The van der Waals surface area contributed by atoms with Gasteiger partial charge in [-0.1, -0.05) is 32.9 Å². The number of amides is 1. The molecule has 4 nitrogen and oxygen atoms in total. The van der Waals surface area contributed by atoms with Gasteiger partial charge in [0.05, 0.1) is 0 Å². The van der Waals surface area contributed by atoms with Crippen molar-refractivity contribution in [1.82, 2.24) is 5.32 Å². The van der Waals surface area contributed by atoms with Crippen molar-refractivity contribution in [2.45, 2.75) is 45.8 Å². The standard InChI is InChI=1S/C15H23NO3/c1-11(18)16-15(5,10-17)19-13-8-6-12(7-9-13)14(2,3)4/h6-9,17H,10H2,1-5H3,(H,16,18)/t15-/m0/s1. The lowest BCUT2D eigenvalue weighted by atomic mass is 9.87. The second kappa shape index (κ2) is 5.61. The molecule has 0 aliphatic heterocycles. The van der Waals surface area contributed by atoms with Crippen LogP contribution in [0.2, 0.25) is 0 Å². The summed E-state index contributed by atoms with van der Waals surface area (Å²) in [6.45, 7) is 9.13. The molecule has 0 fully saturated rings. The lowest BCUT2D eigenvalue weighted by Crippen LogP contribution is -2.52. The maximum Gasteiger partial charge on any atom is 0.219 e. The Balaban J connectivity index is 2.84. The molecule has 0 bridgehead atoms. The van der Waals surface area contributed by atoms with Crippen molar-refractivity contribution in [3.05, 3.63) is 29.8 Å². The van der Waals surface area contributed by atoms with E-state index in [-0.39, 0.29) is 17.9 Å². The van der Waals surface area contributed by atoms with Crippen LogP contribution in [0.3, 0.4) is 0 Å². The molecule has 0 aliphatic carbocycles. The highest BCUT2D eigenvalue weighted by atomic mass is 16.5. The van der Waals surface area contributed by atoms with Crippen LogP contribution in [0.4, 0.5) is 0 Å². The lowest BCUT2D eigenvalue weighted by molar-refractivity contribution is -0.126. The third-order valence-electron chi connectivity index (χ3n) is 2.81. The summed E-state index contributed by atoms with van der Waals surface area (Å²) in [4.78, 5) is 11.1. The largest absolute Gasteiger partial charge is 0.466 e.